The maximum Gasteiger partial charge on any atom is 0.231 e. The first-order valence-electron chi connectivity index (χ1n) is 6.42. The number of aromatic nitrogens is 1. The highest BCUT2D eigenvalue weighted by Crippen LogP contribution is 2.39. The van der Waals surface area contributed by atoms with Crippen molar-refractivity contribution in [2.24, 2.45) is 0 Å². The predicted octanol–water partition coefficient (Wildman–Crippen LogP) is 3.06. The number of fused-ring (bicyclic) bond motifs is 1. The van der Waals surface area contributed by atoms with Gasteiger partial charge in [-0.3, -0.25) is 4.98 Å². The summed E-state index contributed by atoms with van der Waals surface area (Å²) in [5.74, 6) is 1.35. The summed E-state index contributed by atoms with van der Waals surface area (Å²) in [5, 5.41) is 3.95. The van der Waals surface area contributed by atoms with E-state index in [1.165, 1.54) is 0 Å². The van der Waals surface area contributed by atoms with Gasteiger partial charge in [0, 0.05) is 25.0 Å². The Bertz CT molecular complexity index is 614. The van der Waals surface area contributed by atoms with Crippen LogP contribution in [-0.4, -0.2) is 11.8 Å². The molecular weight excluding hydrogens is 276 g/mol. The van der Waals surface area contributed by atoms with E-state index in [1.807, 2.05) is 31.3 Å². The predicted molar refractivity (Wildman–Crippen MR) is 77.1 cm³/mol. The van der Waals surface area contributed by atoms with Crippen LogP contribution in [0.1, 0.15) is 16.8 Å². The van der Waals surface area contributed by atoms with Gasteiger partial charge in [-0.2, -0.15) is 0 Å². The molecule has 3 rings (SSSR count). The number of nitrogens with one attached hydrogen (secondary N) is 1. The van der Waals surface area contributed by atoms with Crippen LogP contribution < -0.4 is 14.8 Å². The number of nitrogens with zero attached hydrogens (tertiary/aromatic N) is 1. The lowest BCUT2D eigenvalue weighted by Crippen LogP contribution is -2.12. The summed E-state index contributed by atoms with van der Waals surface area (Å²) in [6.45, 7) is 3.69. The Morgan fingerprint density at radius 3 is 2.85 bits per heavy atom. The van der Waals surface area contributed by atoms with Crippen molar-refractivity contribution >= 4 is 11.6 Å². The average Bonchev–Trinajstić information content (AvgIpc) is 2.90. The van der Waals surface area contributed by atoms with E-state index < -0.39 is 0 Å². The first-order valence-corrected chi connectivity index (χ1v) is 6.80. The molecule has 2 heterocycles. The maximum absolute atomic E-state index is 6.15. The minimum absolute atomic E-state index is 0.237. The van der Waals surface area contributed by atoms with Crippen molar-refractivity contribution in [1.29, 1.82) is 0 Å². The van der Waals surface area contributed by atoms with Gasteiger partial charge in [0.2, 0.25) is 6.79 Å². The van der Waals surface area contributed by atoms with Crippen molar-refractivity contribution in [2.75, 3.05) is 6.79 Å². The number of ether oxygens (including phenoxy) is 2. The summed E-state index contributed by atoms with van der Waals surface area (Å²) >= 11 is 6.15. The van der Waals surface area contributed by atoms with Crippen LogP contribution in [0.5, 0.6) is 11.5 Å². The summed E-state index contributed by atoms with van der Waals surface area (Å²) in [5.41, 5.74) is 3.25. The molecule has 4 nitrogen and oxygen atoms in total. The first kappa shape index (κ1) is 13.2. The highest BCUT2D eigenvalue weighted by Gasteiger charge is 2.17. The Morgan fingerprint density at radius 1 is 1.20 bits per heavy atom. The summed E-state index contributed by atoms with van der Waals surface area (Å²) in [4.78, 5) is 4.27. The molecule has 0 spiro atoms. The fraction of sp³-hybridized carbons (Fsp3) is 0.267. The van der Waals surface area contributed by atoms with E-state index in [0.29, 0.717) is 23.1 Å². The number of hydrogen-bond acceptors (Lipinski definition) is 4. The molecule has 1 aromatic heterocycles. The second-order valence-corrected chi connectivity index (χ2v) is 5.13. The average molecular weight is 291 g/mol. The number of halogens is 1. The fourth-order valence-corrected chi connectivity index (χ4v) is 2.36. The molecule has 0 unspecified atom stereocenters. The molecule has 104 valence electrons. The molecule has 1 aromatic carbocycles. The Hall–Kier alpha value is -1.78. The van der Waals surface area contributed by atoms with Gasteiger partial charge in [0.1, 0.15) is 0 Å². The molecule has 0 saturated heterocycles. The summed E-state index contributed by atoms with van der Waals surface area (Å²) in [7, 11) is 0. The molecule has 0 atom stereocenters. The quantitative estimate of drug-likeness (QED) is 0.940. The van der Waals surface area contributed by atoms with E-state index in [2.05, 4.69) is 16.4 Å². The fourth-order valence-electron chi connectivity index (χ4n) is 2.08. The highest BCUT2D eigenvalue weighted by atomic mass is 35.5. The van der Waals surface area contributed by atoms with Gasteiger partial charge in [-0.1, -0.05) is 17.7 Å². The van der Waals surface area contributed by atoms with Crippen LogP contribution in [0.25, 0.3) is 0 Å². The molecule has 1 N–H and O–H groups in total. The van der Waals surface area contributed by atoms with E-state index in [-0.39, 0.29) is 6.79 Å². The molecule has 0 radical (unpaired) electrons. The third-order valence-corrected chi connectivity index (χ3v) is 3.40. The van der Waals surface area contributed by atoms with Gasteiger partial charge in [-0.15, -0.1) is 0 Å². The zero-order valence-electron chi connectivity index (χ0n) is 11.1. The summed E-state index contributed by atoms with van der Waals surface area (Å²) in [6.07, 6.45) is 1.88. The van der Waals surface area contributed by atoms with Gasteiger partial charge >= 0.3 is 0 Å². The number of aryl methyl sites for hydroxylation is 1. The second kappa shape index (κ2) is 5.69. The third kappa shape index (κ3) is 2.86. The largest absolute Gasteiger partial charge is 0.454 e. The van der Waals surface area contributed by atoms with E-state index in [9.17, 15) is 0 Å². The zero-order chi connectivity index (χ0) is 13.9. The van der Waals surface area contributed by atoms with Crippen LogP contribution in [0.4, 0.5) is 0 Å². The Kier molecular flexibility index (Phi) is 3.76. The van der Waals surface area contributed by atoms with Crippen molar-refractivity contribution in [1.82, 2.24) is 10.3 Å². The van der Waals surface area contributed by atoms with E-state index in [0.717, 1.165) is 23.4 Å². The van der Waals surface area contributed by atoms with Crippen molar-refractivity contribution in [3.8, 4) is 11.5 Å². The van der Waals surface area contributed by atoms with E-state index in [1.54, 1.807) is 0 Å². The molecule has 20 heavy (non-hydrogen) atoms. The molecule has 1 aliphatic rings. The van der Waals surface area contributed by atoms with Crippen LogP contribution in [0.15, 0.2) is 30.5 Å². The molecule has 0 amide bonds. The molecule has 5 heteroatoms. The van der Waals surface area contributed by atoms with Crippen molar-refractivity contribution < 1.29 is 9.47 Å². The molecular formula is C15H15ClN2O2. The number of hydrogen-bond donors (Lipinski definition) is 1. The second-order valence-electron chi connectivity index (χ2n) is 4.72. The van der Waals surface area contributed by atoms with Crippen LogP contribution >= 0.6 is 11.6 Å². The number of pyridine rings is 1. The zero-order valence-corrected chi connectivity index (χ0v) is 11.9. The summed E-state index contributed by atoms with van der Waals surface area (Å²) < 4.78 is 10.6. The van der Waals surface area contributed by atoms with Crippen molar-refractivity contribution in [2.45, 2.75) is 20.0 Å². The summed E-state index contributed by atoms with van der Waals surface area (Å²) in [6, 6.07) is 7.93. The molecule has 2 aromatic rings. The van der Waals surface area contributed by atoms with Crippen molar-refractivity contribution in [3.63, 3.8) is 0 Å². The normalized spacial score (nSPS) is 12.7. The van der Waals surface area contributed by atoms with E-state index in [4.69, 9.17) is 21.1 Å². The monoisotopic (exact) mass is 290 g/mol. The van der Waals surface area contributed by atoms with Crippen molar-refractivity contribution in [3.05, 3.63) is 52.3 Å². The van der Waals surface area contributed by atoms with Crippen LogP contribution in [0.2, 0.25) is 5.02 Å². The SMILES string of the molecule is Cc1ccc(CNCc2cc(Cl)c3c(c2)OCO3)cn1. The molecule has 1 aliphatic heterocycles. The lowest BCUT2D eigenvalue weighted by Gasteiger charge is -2.07. The van der Waals surface area contributed by atoms with Crippen LogP contribution in [-0.2, 0) is 13.1 Å². The van der Waals surface area contributed by atoms with E-state index >= 15 is 0 Å². The van der Waals surface area contributed by atoms with Gasteiger partial charge in [0.15, 0.2) is 11.5 Å². The van der Waals surface area contributed by atoms with Gasteiger partial charge in [0.05, 0.1) is 5.02 Å². The highest BCUT2D eigenvalue weighted by molar-refractivity contribution is 6.32. The molecule has 0 fully saturated rings. The Morgan fingerprint density at radius 2 is 2.05 bits per heavy atom. The minimum atomic E-state index is 0.237. The number of rotatable bonds is 4. The topological polar surface area (TPSA) is 43.4 Å². The Balaban J connectivity index is 1.61. The first-order chi connectivity index (χ1) is 9.72. The van der Waals surface area contributed by atoms with Gasteiger partial charge in [-0.25, -0.2) is 0 Å². The van der Waals surface area contributed by atoms with Crippen LogP contribution in [0, 0.1) is 6.92 Å². The standard InChI is InChI=1S/C15H15ClN2O2/c1-10-2-3-11(8-18-10)6-17-7-12-4-13(16)15-14(5-12)19-9-20-15/h2-5,8,17H,6-7,9H2,1H3. The Labute approximate surface area is 122 Å². The lowest BCUT2D eigenvalue weighted by molar-refractivity contribution is 0.174. The lowest BCUT2D eigenvalue weighted by atomic mass is 10.2. The van der Waals surface area contributed by atoms with Gasteiger partial charge in [-0.05, 0) is 36.2 Å². The smallest absolute Gasteiger partial charge is 0.231 e. The van der Waals surface area contributed by atoms with Crippen LogP contribution in [0.3, 0.4) is 0 Å². The van der Waals surface area contributed by atoms with Gasteiger partial charge in [0.25, 0.3) is 0 Å². The minimum Gasteiger partial charge on any atom is -0.454 e. The molecule has 0 aliphatic carbocycles. The number of benzene rings is 1. The maximum atomic E-state index is 6.15. The molecule has 0 saturated carbocycles. The molecule has 0 bridgehead atoms. The third-order valence-electron chi connectivity index (χ3n) is 3.12. The van der Waals surface area contributed by atoms with Gasteiger partial charge < -0.3 is 14.8 Å².